The first-order chi connectivity index (χ1) is 8.83. The summed E-state index contributed by atoms with van der Waals surface area (Å²) >= 11 is 0. The Morgan fingerprint density at radius 1 is 1.17 bits per heavy atom. The molecule has 1 saturated heterocycles. The first kappa shape index (κ1) is 12.2. The van der Waals surface area contributed by atoms with Crippen molar-refractivity contribution >= 4 is 0 Å². The summed E-state index contributed by atoms with van der Waals surface area (Å²) in [6, 6.07) is 12.1. The highest BCUT2D eigenvalue weighted by Crippen LogP contribution is 2.41. The van der Waals surface area contributed by atoms with Crippen LogP contribution >= 0.6 is 0 Å². The maximum atomic E-state index is 5.63. The van der Waals surface area contributed by atoms with E-state index in [4.69, 9.17) is 4.74 Å². The van der Waals surface area contributed by atoms with E-state index in [0.29, 0.717) is 18.2 Å². The molecule has 3 atom stereocenters. The molecule has 3 unspecified atom stereocenters. The summed E-state index contributed by atoms with van der Waals surface area (Å²) in [5.74, 6) is 0.852. The average molecular weight is 245 g/mol. The van der Waals surface area contributed by atoms with E-state index in [-0.39, 0.29) is 0 Å². The third-order valence-corrected chi connectivity index (χ3v) is 4.15. The average Bonchev–Trinajstić information content (AvgIpc) is 3.21. The quantitative estimate of drug-likeness (QED) is 0.879. The van der Waals surface area contributed by atoms with Gasteiger partial charge in [-0.1, -0.05) is 30.3 Å². The minimum absolute atomic E-state index is 0.409. The molecular formula is C16H23NO. The fourth-order valence-electron chi connectivity index (χ4n) is 3.00. The lowest BCUT2D eigenvalue weighted by molar-refractivity contribution is 0.0106. The maximum absolute atomic E-state index is 5.63. The molecule has 18 heavy (non-hydrogen) atoms. The van der Waals surface area contributed by atoms with Crippen LogP contribution in [0.15, 0.2) is 30.3 Å². The number of ether oxygens (including phenoxy) is 1. The Morgan fingerprint density at radius 3 is 2.61 bits per heavy atom. The molecule has 1 saturated carbocycles. The number of hydrogen-bond donors (Lipinski definition) is 1. The Bertz CT molecular complexity index is 374. The normalized spacial score (nSPS) is 30.1. The first-order valence-corrected chi connectivity index (χ1v) is 7.25. The van der Waals surface area contributed by atoms with Crippen molar-refractivity contribution in [3.63, 3.8) is 0 Å². The predicted molar refractivity (Wildman–Crippen MR) is 73.5 cm³/mol. The van der Waals surface area contributed by atoms with Gasteiger partial charge in [0.25, 0.3) is 0 Å². The zero-order valence-electron chi connectivity index (χ0n) is 11.1. The van der Waals surface area contributed by atoms with E-state index in [0.717, 1.165) is 25.4 Å². The maximum Gasteiger partial charge on any atom is 0.0561 e. The summed E-state index contributed by atoms with van der Waals surface area (Å²) in [6.07, 6.45) is 5.47. The highest BCUT2D eigenvalue weighted by atomic mass is 16.5. The molecule has 1 aliphatic heterocycles. The van der Waals surface area contributed by atoms with E-state index in [1.165, 1.54) is 18.4 Å². The number of nitrogens with one attached hydrogen (secondary N) is 1. The highest BCUT2D eigenvalue weighted by molar-refractivity contribution is 5.21. The van der Waals surface area contributed by atoms with E-state index in [1.54, 1.807) is 0 Å². The molecule has 2 nitrogen and oxygen atoms in total. The van der Waals surface area contributed by atoms with Crippen molar-refractivity contribution in [2.45, 2.75) is 50.8 Å². The Labute approximate surface area is 110 Å². The Hall–Kier alpha value is -0.860. The fourth-order valence-corrected chi connectivity index (χ4v) is 3.00. The first-order valence-electron chi connectivity index (χ1n) is 7.25. The topological polar surface area (TPSA) is 21.3 Å². The predicted octanol–water partition coefficient (Wildman–Crippen LogP) is 3.29. The summed E-state index contributed by atoms with van der Waals surface area (Å²) in [6.45, 7) is 3.09. The third kappa shape index (κ3) is 2.93. The molecule has 0 aromatic heterocycles. The Balaban J connectivity index is 1.67. The van der Waals surface area contributed by atoms with Crippen molar-refractivity contribution in [2.24, 2.45) is 5.92 Å². The molecule has 0 radical (unpaired) electrons. The zero-order chi connectivity index (χ0) is 12.4. The second-order valence-corrected chi connectivity index (χ2v) is 5.80. The van der Waals surface area contributed by atoms with Gasteiger partial charge in [0, 0.05) is 18.7 Å². The van der Waals surface area contributed by atoms with Gasteiger partial charge in [0.2, 0.25) is 0 Å². The molecule has 0 bridgehead atoms. The van der Waals surface area contributed by atoms with Crippen molar-refractivity contribution in [2.75, 3.05) is 6.61 Å². The standard InChI is InChI=1S/C16H23NO/c1-12-11-15(9-10-18-12)17-16(14-7-8-14)13-5-3-2-4-6-13/h2-6,12,14-17H,7-11H2,1H3. The van der Waals surface area contributed by atoms with Crippen LogP contribution in [0.25, 0.3) is 0 Å². The summed E-state index contributed by atoms with van der Waals surface area (Å²) in [5.41, 5.74) is 1.46. The molecule has 2 heteroatoms. The van der Waals surface area contributed by atoms with E-state index in [1.807, 2.05) is 0 Å². The van der Waals surface area contributed by atoms with Crippen LogP contribution in [-0.2, 0) is 4.74 Å². The van der Waals surface area contributed by atoms with Crippen LogP contribution in [0.1, 0.15) is 44.2 Å². The van der Waals surface area contributed by atoms with Crippen molar-refractivity contribution in [3.8, 4) is 0 Å². The molecular weight excluding hydrogens is 222 g/mol. The number of benzene rings is 1. The van der Waals surface area contributed by atoms with Gasteiger partial charge in [-0.3, -0.25) is 0 Å². The minimum atomic E-state index is 0.409. The summed E-state index contributed by atoms with van der Waals surface area (Å²) in [4.78, 5) is 0. The monoisotopic (exact) mass is 245 g/mol. The Morgan fingerprint density at radius 2 is 1.94 bits per heavy atom. The van der Waals surface area contributed by atoms with E-state index in [2.05, 4.69) is 42.6 Å². The van der Waals surface area contributed by atoms with Gasteiger partial charge in [0.05, 0.1) is 6.10 Å². The molecule has 1 aromatic rings. The molecule has 1 aromatic carbocycles. The van der Waals surface area contributed by atoms with E-state index < -0.39 is 0 Å². The van der Waals surface area contributed by atoms with Crippen molar-refractivity contribution in [1.29, 1.82) is 0 Å². The molecule has 0 amide bonds. The Kier molecular flexibility index (Phi) is 3.67. The van der Waals surface area contributed by atoms with Crippen LogP contribution in [0, 0.1) is 5.92 Å². The third-order valence-electron chi connectivity index (χ3n) is 4.15. The lowest BCUT2D eigenvalue weighted by Crippen LogP contribution is -2.40. The lowest BCUT2D eigenvalue weighted by Gasteiger charge is -2.32. The SMILES string of the molecule is CC1CC(NC(c2ccccc2)C2CC2)CCO1. The largest absolute Gasteiger partial charge is 0.378 e. The van der Waals surface area contributed by atoms with Crippen molar-refractivity contribution in [1.82, 2.24) is 5.32 Å². The van der Waals surface area contributed by atoms with Crippen LogP contribution in [0.3, 0.4) is 0 Å². The van der Waals surface area contributed by atoms with Gasteiger partial charge in [0.15, 0.2) is 0 Å². The van der Waals surface area contributed by atoms with Gasteiger partial charge in [-0.15, -0.1) is 0 Å². The second kappa shape index (κ2) is 5.41. The summed E-state index contributed by atoms with van der Waals surface area (Å²) in [7, 11) is 0. The van der Waals surface area contributed by atoms with Gasteiger partial charge in [-0.25, -0.2) is 0 Å². The van der Waals surface area contributed by atoms with Gasteiger partial charge in [-0.2, -0.15) is 0 Å². The van der Waals surface area contributed by atoms with Crippen molar-refractivity contribution in [3.05, 3.63) is 35.9 Å². The van der Waals surface area contributed by atoms with Gasteiger partial charge in [-0.05, 0) is 44.1 Å². The van der Waals surface area contributed by atoms with Crippen molar-refractivity contribution < 1.29 is 4.74 Å². The van der Waals surface area contributed by atoms with Crippen LogP contribution in [-0.4, -0.2) is 18.8 Å². The van der Waals surface area contributed by atoms with Gasteiger partial charge >= 0.3 is 0 Å². The molecule has 3 rings (SSSR count). The highest BCUT2D eigenvalue weighted by Gasteiger charge is 2.34. The van der Waals surface area contributed by atoms with Crippen LogP contribution in [0.4, 0.5) is 0 Å². The molecule has 98 valence electrons. The zero-order valence-corrected chi connectivity index (χ0v) is 11.1. The second-order valence-electron chi connectivity index (χ2n) is 5.80. The van der Waals surface area contributed by atoms with E-state index in [9.17, 15) is 0 Å². The van der Waals surface area contributed by atoms with Crippen LogP contribution in [0.2, 0.25) is 0 Å². The van der Waals surface area contributed by atoms with Crippen LogP contribution < -0.4 is 5.32 Å². The van der Waals surface area contributed by atoms with Crippen LogP contribution in [0.5, 0.6) is 0 Å². The molecule has 2 aliphatic rings. The minimum Gasteiger partial charge on any atom is -0.378 e. The van der Waals surface area contributed by atoms with Gasteiger partial charge < -0.3 is 10.1 Å². The lowest BCUT2D eigenvalue weighted by atomic mass is 9.98. The smallest absolute Gasteiger partial charge is 0.0561 e. The summed E-state index contributed by atoms with van der Waals surface area (Å²) in [5, 5.41) is 3.88. The molecule has 0 spiro atoms. The molecule has 2 fully saturated rings. The van der Waals surface area contributed by atoms with E-state index >= 15 is 0 Å². The fraction of sp³-hybridized carbons (Fsp3) is 0.625. The number of hydrogen-bond acceptors (Lipinski definition) is 2. The molecule has 1 aliphatic carbocycles. The number of rotatable bonds is 4. The molecule has 1 heterocycles. The molecule has 1 N–H and O–H groups in total. The summed E-state index contributed by atoms with van der Waals surface area (Å²) < 4.78 is 5.63. The van der Waals surface area contributed by atoms with Gasteiger partial charge in [0.1, 0.15) is 0 Å².